The van der Waals surface area contributed by atoms with Gasteiger partial charge in [-0.3, -0.25) is 0 Å². The van der Waals surface area contributed by atoms with Gasteiger partial charge in [0.2, 0.25) is 0 Å². The van der Waals surface area contributed by atoms with E-state index < -0.39 is 0 Å². The van der Waals surface area contributed by atoms with Gasteiger partial charge in [0.15, 0.2) is 0 Å². The first-order valence-corrected chi connectivity index (χ1v) is 17.4. The monoisotopic (exact) mass is 734 g/mol. The van der Waals surface area contributed by atoms with Crippen LogP contribution >= 0.6 is 0 Å². The molecule has 0 saturated heterocycles. The Kier molecular flexibility index (Phi) is 9.18. The molecule has 250 valence electrons. The van der Waals surface area contributed by atoms with Crippen LogP contribution < -0.4 is 19.8 Å². The minimum absolute atomic E-state index is 0. The Labute approximate surface area is 321 Å². The predicted octanol–water partition coefficient (Wildman–Crippen LogP) is 10.8. The molecule has 53 heavy (non-hydrogen) atoms. The molecule has 2 aliphatic heterocycles. The van der Waals surface area contributed by atoms with E-state index in [0.29, 0.717) is 0 Å². The molecular weight excluding hydrogens is 702 g/mol. The van der Waals surface area contributed by atoms with Gasteiger partial charge in [-0.2, -0.15) is 0 Å². The van der Waals surface area contributed by atoms with Crippen LogP contribution in [0.15, 0.2) is 146 Å². The van der Waals surface area contributed by atoms with Crippen molar-refractivity contribution in [3.63, 3.8) is 0 Å². The number of hydrogen-bond donors (Lipinski definition) is 0. The number of fused-ring (bicyclic) bond motifs is 8. The Hall–Kier alpha value is -6.30. The Bertz CT molecular complexity index is 2460. The van der Waals surface area contributed by atoms with Crippen LogP contribution in [-0.2, 0) is 19.5 Å². The summed E-state index contributed by atoms with van der Waals surface area (Å²) in [5.41, 5.74) is 14.5. The Morgan fingerprint density at radius 2 is 0.698 bits per heavy atom. The zero-order valence-electron chi connectivity index (χ0n) is 29.6. The zero-order chi connectivity index (χ0) is 35.0. The van der Waals surface area contributed by atoms with Crippen LogP contribution in [0.4, 0.5) is 22.7 Å². The molecule has 0 atom stereocenters. The zero-order valence-corrected chi connectivity index (χ0v) is 32.5. The van der Waals surface area contributed by atoms with Gasteiger partial charge in [0.05, 0.1) is 34.2 Å². The number of rotatable bonds is 6. The number of aromatic nitrogens is 4. The van der Waals surface area contributed by atoms with E-state index in [1.165, 1.54) is 0 Å². The molecule has 6 nitrogen and oxygen atoms in total. The van der Waals surface area contributed by atoms with Crippen molar-refractivity contribution in [1.82, 2.24) is 19.9 Å². The number of hydrogen-bond acceptors (Lipinski definition) is 4. The molecule has 0 N–H and O–H groups in total. The summed E-state index contributed by atoms with van der Waals surface area (Å²) in [4.78, 5) is 25.7. The Morgan fingerprint density at radius 1 is 0.377 bits per heavy atom. The number of nitrogens with zero attached hydrogens (tertiary/aromatic N) is 6. The molecule has 2 aliphatic rings. The largest absolute Gasteiger partial charge is 2.00 e. The summed E-state index contributed by atoms with van der Waals surface area (Å²) in [5, 5.41) is 0. The van der Waals surface area contributed by atoms with Gasteiger partial charge in [-0.1, -0.05) is 121 Å². The molecule has 0 amide bonds. The predicted molar refractivity (Wildman–Crippen MR) is 217 cm³/mol. The maximum absolute atomic E-state index is 5.35. The molecule has 0 radical (unpaired) electrons. The molecule has 0 spiro atoms. The fourth-order valence-corrected chi connectivity index (χ4v) is 7.11. The van der Waals surface area contributed by atoms with E-state index in [-0.39, 0.29) is 19.5 Å². The number of anilines is 4. The topological polar surface area (TPSA) is 60.5 Å². The van der Waals surface area contributed by atoms with E-state index in [1.54, 1.807) is 0 Å². The molecule has 0 saturated carbocycles. The van der Waals surface area contributed by atoms with Gasteiger partial charge in [-0.15, -0.1) is 22.1 Å². The van der Waals surface area contributed by atoms with E-state index in [9.17, 15) is 0 Å². The molecule has 0 fully saturated rings. The molecule has 4 aromatic carbocycles. The van der Waals surface area contributed by atoms with Crippen LogP contribution in [0.1, 0.15) is 22.8 Å². The summed E-state index contributed by atoms with van der Waals surface area (Å²) in [5.74, 6) is 0. The minimum Gasteiger partial charge on any atom is -0.656 e. The van der Waals surface area contributed by atoms with E-state index in [1.807, 2.05) is 24.3 Å². The van der Waals surface area contributed by atoms with Gasteiger partial charge >= 0.3 is 19.5 Å². The van der Waals surface area contributed by atoms with Crippen LogP contribution in [0.5, 0.6) is 0 Å². The molecule has 8 bridgehead atoms. The summed E-state index contributed by atoms with van der Waals surface area (Å²) < 4.78 is 0. The van der Waals surface area contributed by atoms with Crippen molar-refractivity contribution >= 4 is 69.1 Å². The van der Waals surface area contributed by atoms with Crippen LogP contribution in [0.2, 0.25) is 0 Å². The third kappa shape index (κ3) is 6.30. The summed E-state index contributed by atoms with van der Waals surface area (Å²) in [7, 11) is 4.15. The van der Waals surface area contributed by atoms with Crippen LogP contribution in [-0.4, -0.2) is 24.1 Å². The van der Waals surface area contributed by atoms with Gasteiger partial charge < -0.3 is 19.8 Å². The van der Waals surface area contributed by atoms with E-state index in [4.69, 9.17) is 19.9 Å². The van der Waals surface area contributed by atoms with Crippen molar-refractivity contribution in [1.29, 1.82) is 0 Å². The smallest absolute Gasteiger partial charge is 0.656 e. The normalized spacial score (nSPS) is 11.7. The van der Waals surface area contributed by atoms with Crippen LogP contribution in [0.25, 0.3) is 68.6 Å². The first kappa shape index (κ1) is 33.8. The van der Waals surface area contributed by atoms with Gasteiger partial charge in [-0.25, -0.2) is 9.97 Å². The fraction of sp³-hybridized carbons (Fsp3) is 0.0435. The second-order valence-corrected chi connectivity index (χ2v) is 12.8. The molecule has 5 heterocycles. The van der Waals surface area contributed by atoms with Crippen LogP contribution in [0.3, 0.4) is 0 Å². The fourth-order valence-electron chi connectivity index (χ4n) is 7.11. The number of para-hydroxylation sites is 2. The van der Waals surface area contributed by atoms with Gasteiger partial charge in [0.1, 0.15) is 0 Å². The third-order valence-electron chi connectivity index (χ3n) is 9.64. The van der Waals surface area contributed by atoms with Gasteiger partial charge in [0, 0.05) is 25.5 Å². The molecule has 9 rings (SSSR count). The SMILES string of the molecule is CN(c1ccccc1)c1c2nc(c(-c3ccccc3)c3ccc([n-]3)c(N(C)c3ccccc3)c3nc(c(-c4ccccc4)c4ccc1[n-]4)C=C3)C=C2.[Zn+2]. The molecule has 0 aliphatic carbocycles. The quantitative estimate of drug-likeness (QED) is 0.159. The number of benzene rings is 4. The third-order valence-corrected chi connectivity index (χ3v) is 9.64. The van der Waals surface area contributed by atoms with E-state index in [0.717, 1.165) is 89.8 Å². The second kappa shape index (κ2) is 14.4. The molecule has 0 unspecified atom stereocenters. The summed E-state index contributed by atoms with van der Waals surface area (Å²) in [6.07, 6.45) is 8.38. The Balaban J connectivity index is 0.00000400. The standard InChI is InChI=1S/C46H34N6.Zn/c1-51(33-19-11-5-12-20-33)45-39-27-23-35(47-39)43(31-15-7-3-8-16-31)37-25-29-41(49-37)46(52(2)34-21-13-6-14-22-34)42-30-26-38(50-42)44(32-17-9-4-10-18-32)36-24-28-40(45)48-36;/h3-30H,1-2H3;/q-2;+2. The van der Waals surface area contributed by atoms with Crippen molar-refractivity contribution < 1.29 is 19.5 Å². The van der Waals surface area contributed by atoms with Crippen molar-refractivity contribution in [2.75, 3.05) is 23.9 Å². The van der Waals surface area contributed by atoms with Crippen LogP contribution in [0, 0.1) is 0 Å². The first-order chi connectivity index (χ1) is 25.6. The summed E-state index contributed by atoms with van der Waals surface area (Å²) in [6, 6.07) is 49.9. The molecular formula is C46H34N6Zn. The maximum Gasteiger partial charge on any atom is 2.00 e. The maximum atomic E-state index is 5.35. The summed E-state index contributed by atoms with van der Waals surface area (Å²) in [6.45, 7) is 0. The average Bonchev–Trinajstić information content (AvgIpc) is 4.04. The van der Waals surface area contributed by atoms with Crippen molar-refractivity contribution in [2.24, 2.45) is 0 Å². The van der Waals surface area contributed by atoms with Crippen molar-refractivity contribution in [3.8, 4) is 22.3 Å². The van der Waals surface area contributed by atoms with E-state index >= 15 is 0 Å². The van der Waals surface area contributed by atoms with Crippen molar-refractivity contribution in [3.05, 3.63) is 168 Å². The molecule has 7 heteroatoms. The summed E-state index contributed by atoms with van der Waals surface area (Å²) >= 11 is 0. The molecule has 7 aromatic rings. The minimum atomic E-state index is 0. The van der Waals surface area contributed by atoms with E-state index in [2.05, 4.69) is 170 Å². The van der Waals surface area contributed by atoms with Gasteiger partial charge in [-0.05, 0) is 70.8 Å². The average molecular weight is 736 g/mol. The first-order valence-electron chi connectivity index (χ1n) is 17.4. The molecule has 3 aromatic heterocycles. The second-order valence-electron chi connectivity index (χ2n) is 12.8. The van der Waals surface area contributed by atoms with Gasteiger partial charge in [0.25, 0.3) is 0 Å². The Morgan fingerprint density at radius 3 is 1.08 bits per heavy atom. The van der Waals surface area contributed by atoms with Crippen molar-refractivity contribution in [2.45, 2.75) is 0 Å².